The molecule has 1 N–H and O–H groups in total. The van der Waals surface area contributed by atoms with Gasteiger partial charge < -0.3 is 5.11 Å². The van der Waals surface area contributed by atoms with Gasteiger partial charge in [0.05, 0.1) is 13.2 Å². The van der Waals surface area contributed by atoms with Crippen molar-refractivity contribution in [1.82, 2.24) is 4.90 Å². The van der Waals surface area contributed by atoms with Gasteiger partial charge in [-0.1, -0.05) is 34.1 Å². The zero-order valence-electron chi connectivity index (χ0n) is 9.60. The Morgan fingerprint density at radius 1 is 1.47 bits per heavy atom. The van der Waals surface area contributed by atoms with Gasteiger partial charge in [-0.05, 0) is 25.5 Å². The normalized spacial score (nSPS) is 20.7. The second kappa shape index (κ2) is 5.76. The maximum Gasteiger partial charge on any atom is 0.177 e. The Bertz CT molecular complexity index is 408. The van der Waals surface area contributed by atoms with Crippen LogP contribution < -0.4 is 0 Å². The maximum absolute atomic E-state index is 12.1. The molecule has 0 saturated carbocycles. The molecule has 17 heavy (non-hydrogen) atoms. The van der Waals surface area contributed by atoms with Crippen molar-refractivity contribution >= 4 is 21.7 Å². The van der Waals surface area contributed by atoms with Crippen molar-refractivity contribution in [2.45, 2.75) is 18.9 Å². The van der Waals surface area contributed by atoms with E-state index in [-0.39, 0.29) is 18.4 Å². The summed E-state index contributed by atoms with van der Waals surface area (Å²) in [5.41, 5.74) is 0.719. The number of aliphatic hydroxyl groups excluding tert-OH is 1. The van der Waals surface area contributed by atoms with Gasteiger partial charge in [-0.3, -0.25) is 9.69 Å². The minimum absolute atomic E-state index is 0.109. The van der Waals surface area contributed by atoms with Crippen LogP contribution in [0, 0.1) is 0 Å². The molecule has 2 rings (SSSR count). The topological polar surface area (TPSA) is 40.5 Å². The second-order valence-electron chi connectivity index (χ2n) is 4.35. The average Bonchev–Trinajstić information content (AvgIpc) is 2.76. The van der Waals surface area contributed by atoms with Gasteiger partial charge >= 0.3 is 0 Å². The number of benzene rings is 1. The Labute approximate surface area is 110 Å². The monoisotopic (exact) mass is 297 g/mol. The summed E-state index contributed by atoms with van der Waals surface area (Å²) in [6.07, 6.45) is 2.05. The van der Waals surface area contributed by atoms with E-state index in [2.05, 4.69) is 20.8 Å². The Balaban J connectivity index is 2.04. The van der Waals surface area contributed by atoms with E-state index < -0.39 is 0 Å². The summed E-state index contributed by atoms with van der Waals surface area (Å²) in [4.78, 5) is 14.2. The lowest BCUT2D eigenvalue weighted by atomic mass is 10.1. The van der Waals surface area contributed by atoms with Crippen molar-refractivity contribution in [3.8, 4) is 0 Å². The molecule has 92 valence electrons. The molecule has 1 aromatic rings. The number of carbonyl (C=O) groups excluding carboxylic acids is 1. The summed E-state index contributed by atoms with van der Waals surface area (Å²) in [7, 11) is 0. The molecule has 1 heterocycles. The molecule has 1 unspecified atom stereocenters. The summed E-state index contributed by atoms with van der Waals surface area (Å²) in [6, 6.07) is 7.62. The number of ketones is 1. The summed E-state index contributed by atoms with van der Waals surface area (Å²) in [5, 5.41) is 9.21. The van der Waals surface area contributed by atoms with Gasteiger partial charge in [-0.15, -0.1) is 0 Å². The molecule has 0 radical (unpaired) electrons. The van der Waals surface area contributed by atoms with Crippen LogP contribution in [0.3, 0.4) is 0 Å². The quantitative estimate of drug-likeness (QED) is 0.865. The molecule has 1 aromatic carbocycles. The lowest BCUT2D eigenvalue weighted by Crippen LogP contribution is -2.36. The molecule has 0 aliphatic carbocycles. The van der Waals surface area contributed by atoms with Gasteiger partial charge in [-0.2, -0.15) is 0 Å². The second-order valence-corrected chi connectivity index (χ2v) is 5.21. The van der Waals surface area contributed by atoms with E-state index in [0.717, 1.165) is 29.4 Å². The van der Waals surface area contributed by atoms with Gasteiger partial charge in [0, 0.05) is 16.1 Å². The van der Waals surface area contributed by atoms with Crippen LogP contribution in [0.2, 0.25) is 0 Å². The number of carbonyl (C=O) groups is 1. The third kappa shape index (κ3) is 2.94. The number of hydrogen-bond donors (Lipinski definition) is 1. The predicted octanol–water partition coefficient (Wildman–Crippen LogP) is 2.09. The van der Waals surface area contributed by atoms with Crippen LogP contribution in [0.15, 0.2) is 28.7 Å². The van der Waals surface area contributed by atoms with Crippen molar-refractivity contribution in [1.29, 1.82) is 0 Å². The van der Waals surface area contributed by atoms with Crippen LogP contribution in [0.5, 0.6) is 0 Å². The predicted molar refractivity (Wildman–Crippen MR) is 70.2 cm³/mol. The highest BCUT2D eigenvalue weighted by molar-refractivity contribution is 9.10. The SMILES string of the molecule is O=C(CN1CCCC1CO)c1ccccc1Br. The van der Waals surface area contributed by atoms with Crippen molar-refractivity contribution in [2.24, 2.45) is 0 Å². The molecule has 0 aromatic heterocycles. The lowest BCUT2D eigenvalue weighted by molar-refractivity contribution is 0.0887. The standard InChI is InChI=1S/C13H16BrNO2/c14-12-6-2-1-5-11(12)13(17)8-15-7-3-4-10(15)9-16/h1-2,5-6,10,16H,3-4,7-9H2. The lowest BCUT2D eigenvalue weighted by Gasteiger charge is -2.21. The third-order valence-corrected chi connectivity index (χ3v) is 3.92. The summed E-state index contributed by atoms with van der Waals surface area (Å²) >= 11 is 3.39. The molecular weight excluding hydrogens is 282 g/mol. The molecule has 1 saturated heterocycles. The molecular formula is C13H16BrNO2. The fraction of sp³-hybridized carbons (Fsp3) is 0.462. The van der Waals surface area contributed by atoms with E-state index >= 15 is 0 Å². The van der Waals surface area contributed by atoms with Crippen molar-refractivity contribution < 1.29 is 9.90 Å². The van der Waals surface area contributed by atoms with E-state index in [4.69, 9.17) is 0 Å². The molecule has 1 atom stereocenters. The summed E-state index contributed by atoms with van der Waals surface area (Å²) < 4.78 is 0.838. The molecule has 4 heteroatoms. The van der Waals surface area contributed by atoms with Crippen molar-refractivity contribution in [3.05, 3.63) is 34.3 Å². The first-order valence-electron chi connectivity index (χ1n) is 5.85. The number of Topliss-reactive ketones (excluding diaryl/α,β-unsaturated/α-hetero) is 1. The fourth-order valence-corrected chi connectivity index (χ4v) is 2.77. The number of aliphatic hydroxyl groups is 1. The number of rotatable bonds is 4. The average molecular weight is 298 g/mol. The zero-order chi connectivity index (χ0) is 12.3. The van der Waals surface area contributed by atoms with Gasteiger partial charge in [0.15, 0.2) is 5.78 Å². The minimum atomic E-state index is 0.109. The Kier molecular flexibility index (Phi) is 4.31. The molecule has 1 aliphatic heterocycles. The number of nitrogens with zero attached hydrogens (tertiary/aromatic N) is 1. The van der Waals surface area contributed by atoms with Gasteiger partial charge in [0.1, 0.15) is 0 Å². The first-order valence-corrected chi connectivity index (χ1v) is 6.64. The van der Waals surface area contributed by atoms with E-state index in [1.165, 1.54) is 0 Å². The van der Waals surface area contributed by atoms with Crippen LogP contribution >= 0.6 is 15.9 Å². The van der Waals surface area contributed by atoms with Gasteiger partial charge in [0.2, 0.25) is 0 Å². The van der Waals surface area contributed by atoms with Crippen LogP contribution in [-0.2, 0) is 0 Å². The fourth-order valence-electron chi connectivity index (χ4n) is 2.27. The van der Waals surface area contributed by atoms with E-state index in [9.17, 15) is 9.90 Å². The van der Waals surface area contributed by atoms with Crippen LogP contribution in [0.4, 0.5) is 0 Å². The number of halogens is 1. The molecule has 0 spiro atoms. The first kappa shape index (κ1) is 12.7. The highest BCUT2D eigenvalue weighted by atomic mass is 79.9. The smallest absolute Gasteiger partial charge is 0.177 e. The largest absolute Gasteiger partial charge is 0.395 e. The van der Waals surface area contributed by atoms with E-state index in [1.807, 2.05) is 24.3 Å². The maximum atomic E-state index is 12.1. The molecule has 0 amide bonds. The Morgan fingerprint density at radius 2 is 2.24 bits per heavy atom. The highest BCUT2D eigenvalue weighted by Crippen LogP contribution is 2.20. The highest BCUT2D eigenvalue weighted by Gasteiger charge is 2.26. The molecule has 3 nitrogen and oxygen atoms in total. The minimum Gasteiger partial charge on any atom is -0.395 e. The molecule has 1 fully saturated rings. The Morgan fingerprint density at radius 3 is 2.94 bits per heavy atom. The Hall–Kier alpha value is -0.710. The summed E-state index contributed by atoms with van der Waals surface area (Å²) in [5.74, 6) is 0.109. The van der Waals surface area contributed by atoms with Crippen LogP contribution in [0.1, 0.15) is 23.2 Å². The van der Waals surface area contributed by atoms with Crippen LogP contribution in [0.25, 0.3) is 0 Å². The van der Waals surface area contributed by atoms with Crippen LogP contribution in [-0.4, -0.2) is 41.5 Å². The number of hydrogen-bond acceptors (Lipinski definition) is 3. The zero-order valence-corrected chi connectivity index (χ0v) is 11.2. The van der Waals surface area contributed by atoms with E-state index in [0.29, 0.717) is 6.54 Å². The van der Waals surface area contributed by atoms with Gasteiger partial charge in [-0.25, -0.2) is 0 Å². The van der Waals surface area contributed by atoms with Crippen molar-refractivity contribution in [3.63, 3.8) is 0 Å². The van der Waals surface area contributed by atoms with Gasteiger partial charge in [0.25, 0.3) is 0 Å². The number of likely N-dealkylation sites (tertiary alicyclic amines) is 1. The van der Waals surface area contributed by atoms with E-state index in [1.54, 1.807) is 0 Å². The third-order valence-electron chi connectivity index (χ3n) is 3.23. The van der Waals surface area contributed by atoms with Crippen molar-refractivity contribution in [2.75, 3.05) is 19.7 Å². The molecule has 1 aliphatic rings. The summed E-state index contributed by atoms with van der Waals surface area (Å²) in [6.45, 7) is 1.44. The molecule has 0 bridgehead atoms. The first-order chi connectivity index (χ1) is 8.22.